The fourth-order valence-electron chi connectivity index (χ4n) is 1.91. The summed E-state index contributed by atoms with van der Waals surface area (Å²) in [7, 11) is 0. The zero-order valence-electron chi connectivity index (χ0n) is 10.7. The van der Waals surface area contributed by atoms with Crippen LogP contribution in [0.4, 0.5) is 0 Å². The van der Waals surface area contributed by atoms with E-state index in [0.29, 0.717) is 19.6 Å². The Kier molecular flexibility index (Phi) is 5.16. The summed E-state index contributed by atoms with van der Waals surface area (Å²) in [6.07, 6.45) is 0.559. The molecule has 0 aliphatic rings. The highest BCUT2D eigenvalue weighted by Gasteiger charge is 2.40. The molecule has 94 valence electrons. The molecular formula is C14H20O3. The van der Waals surface area contributed by atoms with Crippen molar-refractivity contribution in [3.63, 3.8) is 0 Å². The molecule has 17 heavy (non-hydrogen) atoms. The second-order valence-electron chi connectivity index (χ2n) is 3.70. The van der Waals surface area contributed by atoms with Gasteiger partial charge in [0.25, 0.3) is 0 Å². The number of hydrogen-bond acceptors (Lipinski definition) is 3. The summed E-state index contributed by atoms with van der Waals surface area (Å²) >= 11 is 0. The smallest absolute Gasteiger partial charge is 0.343 e. The largest absolute Gasteiger partial charge is 0.464 e. The van der Waals surface area contributed by atoms with Crippen LogP contribution in [0.1, 0.15) is 32.8 Å². The van der Waals surface area contributed by atoms with Gasteiger partial charge >= 0.3 is 5.97 Å². The van der Waals surface area contributed by atoms with E-state index in [1.54, 1.807) is 6.92 Å². The van der Waals surface area contributed by atoms with Gasteiger partial charge in [0.2, 0.25) is 0 Å². The number of esters is 1. The highest BCUT2D eigenvalue weighted by atomic mass is 16.6. The van der Waals surface area contributed by atoms with Gasteiger partial charge in [-0.2, -0.15) is 0 Å². The predicted molar refractivity (Wildman–Crippen MR) is 66.7 cm³/mol. The third-order valence-electron chi connectivity index (χ3n) is 2.73. The van der Waals surface area contributed by atoms with Crippen LogP contribution in [-0.4, -0.2) is 19.2 Å². The molecule has 3 heteroatoms. The van der Waals surface area contributed by atoms with Crippen molar-refractivity contribution >= 4 is 5.97 Å². The van der Waals surface area contributed by atoms with E-state index in [0.717, 1.165) is 5.56 Å². The van der Waals surface area contributed by atoms with E-state index in [1.165, 1.54) is 0 Å². The van der Waals surface area contributed by atoms with Gasteiger partial charge in [-0.15, -0.1) is 0 Å². The molecule has 0 amide bonds. The summed E-state index contributed by atoms with van der Waals surface area (Å²) < 4.78 is 10.8. The number of rotatable bonds is 6. The van der Waals surface area contributed by atoms with Crippen LogP contribution in [-0.2, 0) is 19.9 Å². The molecule has 1 atom stereocenters. The molecule has 0 aromatic heterocycles. The lowest BCUT2D eigenvalue weighted by Crippen LogP contribution is -2.39. The van der Waals surface area contributed by atoms with Crippen LogP contribution >= 0.6 is 0 Å². The minimum atomic E-state index is -0.966. The molecular weight excluding hydrogens is 216 g/mol. The van der Waals surface area contributed by atoms with Gasteiger partial charge in [-0.1, -0.05) is 37.3 Å². The Morgan fingerprint density at radius 3 is 2.24 bits per heavy atom. The Balaban J connectivity index is 3.12. The molecule has 0 radical (unpaired) electrons. The number of benzene rings is 1. The summed E-state index contributed by atoms with van der Waals surface area (Å²) in [4.78, 5) is 12.1. The molecule has 1 rings (SSSR count). The van der Waals surface area contributed by atoms with Crippen LogP contribution in [0.2, 0.25) is 0 Å². The third-order valence-corrected chi connectivity index (χ3v) is 2.73. The average Bonchev–Trinajstić information content (AvgIpc) is 2.37. The summed E-state index contributed by atoms with van der Waals surface area (Å²) in [5, 5.41) is 0. The standard InChI is InChI=1S/C14H20O3/c1-4-14(17-6-3,13(15)16-5-2)12-10-8-7-9-11-12/h7-11H,4-6H2,1-3H3. The normalized spacial score (nSPS) is 14.1. The Bertz CT molecular complexity index is 348. The van der Waals surface area contributed by atoms with Gasteiger partial charge in [0.05, 0.1) is 6.61 Å². The zero-order chi connectivity index (χ0) is 12.7. The summed E-state index contributed by atoms with van der Waals surface area (Å²) in [6, 6.07) is 9.52. The average molecular weight is 236 g/mol. The van der Waals surface area contributed by atoms with E-state index in [1.807, 2.05) is 44.2 Å². The van der Waals surface area contributed by atoms with Crippen LogP contribution in [0.25, 0.3) is 0 Å². The molecule has 0 saturated heterocycles. The van der Waals surface area contributed by atoms with Crippen LogP contribution in [0, 0.1) is 0 Å². The van der Waals surface area contributed by atoms with Crippen molar-refractivity contribution < 1.29 is 14.3 Å². The lowest BCUT2D eigenvalue weighted by atomic mass is 9.91. The molecule has 1 unspecified atom stereocenters. The monoisotopic (exact) mass is 236 g/mol. The van der Waals surface area contributed by atoms with E-state index < -0.39 is 5.60 Å². The first kappa shape index (κ1) is 13.7. The van der Waals surface area contributed by atoms with Crippen LogP contribution in [0.5, 0.6) is 0 Å². The van der Waals surface area contributed by atoms with Crippen molar-refractivity contribution in [1.82, 2.24) is 0 Å². The zero-order valence-corrected chi connectivity index (χ0v) is 10.7. The van der Waals surface area contributed by atoms with Crippen molar-refractivity contribution in [3.05, 3.63) is 35.9 Å². The quantitative estimate of drug-likeness (QED) is 0.712. The second-order valence-corrected chi connectivity index (χ2v) is 3.70. The fraction of sp³-hybridized carbons (Fsp3) is 0.500. The van der Waals surface area contributed by atoms with E-state index in [2.05, 4.69) is 0 Å². The van der Waals surface area contributed by atoms with Crippen LogP contribution in [0.3, 0.4) is 0 Å². The molecule has 0 N–H and O–H groups in total. The van der Waals surface area contributed by atoms with Gasteiger partial charge in [0.15, 0.2) is 5.60 Å². The van der Waals surface area contributed by atoms with Crippen molar-refractivity contribution in [3.8, 4) is 0 Å². The highest BCUT2D eigenvalue weighted by molar-refractivity contribution is 5.81. The van der Waals surface area contributed by atoms with Gasteiger partial charge in [-0.3, -0.25) is 0 Å². The summed E-state index contributed by atoms with van der Waals surface area (Å²) in [6.45, 7) is 6.45. The molecule has 0 bridgehead atoms. The highest BCUT2D eigenvalue weighted by Crippen LogP contribution is 2.31. The molecule has 1 aromatic rings. The van der Waals surface area contributed by atoms with Crippen LogP contribution in [0.15, 0.2) is 30.3 Å². The predicted octanol–water partition coefficient (Wildman–Crippen LogP) is 2.89. The molecule has 0 aliphatic carbocycles. The van der Waals surface area contributed by atoms with Gasteiger partial charge < -0.3 is 9.47 Å². The maximum atomic E-state index is 12.1. The fourth-order valence-corrected chi connectivity index (χ4v) is 1.91. The third kappa shape index (κ3) is 2.86. The summed E-state index contributed by atoms with van der Waals surface area (Å²) in [5.41, 5.74) is -0.116. The minimum Gasteiger partial charge on any atom is -0.464 e. The van der Waals surface area contributed by atoms with Crippen molar-refractivity contribution in [2.24, 2.45) is 0 Å². The Labute approximate surface area is 103 Å². The van der Waals surface area contributed by atoms with Gasteiger partial charge in [-0.25, -0.2) is 4.79 Å². The van der Waals surface area contributed by atoms with Crippen molar-refractivity contribution in [2.45, 2.75) is 32.8 Å². The van der Waals surface area contributed by atoms with Crippen LogP contribution < -0.4 is 0 Å². The molecule has 0 heterocycles. The number of hydrogen-bond donors (Lipinski definition) is 0. The van der Waals surface area contributed by atoms with E-state index >= 15 is 0 Å². The Morgan fingerprint density at radius 1 is 1.12 bits per heavy atom. The van der Waals surface area contributed by atoms with Crippen molar-refractivity contribution in [2.75, 3.05) is 13.2 Å². The van der Waals surface area contributed by atoms with Gasteiger partial charge in [-0.05, 0) is 25.8 Å². The van der Waals surface area contributed by atoms with E-state index in [-0.39, 0.29) is 5.97 Å². The Hall–Kier alpha value is -1.35. The SMILES string of the molecule is CCOC(=O)C(CC)(OCC)c1ccccc1. The first-order valence-electron chi connectivity index (χ1n) is 6.08. The number of carbonyl (C=O) groups excluding carboxylic acids is 1. The summed E-state index contributed by atoms with van der Waals surface area (Å²) in [5.74, 6) is -0.310. The first-order chi connectivity index (χ1) is 8.21. The van der Waals surface area contributed by atoms with Crippen molar-refractivity contribution in [1.29, 1.82) is 0 Å². The molecule has 0 spiro atoms. The van der Waals surface area contributed by atoms with E-state index in [9.17, 15) is 4.79 Å². The Morgan fingerprint density at radius 2 is 1.76 bits per heavy atom. The topological polar surface area (TPSA) is 35.5 Å². The van der Waals surface area contributed by atoms with Gasteiger partial charge in [0, 0.05) is 6.61 Å². The molecule has 0 aliphatic heterocycles. The lowest BCUT2D eigenvalue weighted by molar-refractivity contribution is -0.174. The lowest BCUT2D eigenvalue weighted by Gasteiger charge is -2.30. The maximum absolute atomic E-state index is 12.1. The molecule has 1 aromatic carbocycles. The second kappa shape index (κ2) is 6.40. The number of ether oxygens (including phenoxy) is 2. The molecule has 3 nitrogen and oxygen atoms in total. The van der Waals surface area contributed by atoms with Gasteiger partial charge in [0.1, 0.15) is 0 Å². The molecule has 0 saturated carbocycles. The first-order valence-corrected chi connectivity index (χ1v) is 6.08. The number of carbonyl (C=O) groups is 1. The minimum absolute atomic E-state index is 0.310. The maximum Gasteiger partial charge on any atom is 0.343 e. The van der Waals surface area contributed by atoms with E-state index in [4.69, 9.17) is 9.47 Å². The molecule has 0 fully saturated rings.